The van der Waals surface area contributed by atoms with Crippen LogP contribution in [0.15, 0.2) is 57.9 Å². The van der Waals surface area contributed by atoms with Crippen molar-refractivity contribution in [3.05, 3.63) is 64.1 Å². The van der Waals surface area contributed by atoms with Crippen molar-refractivity contribution in [2.24, 2.45) is 0 Å². The fourth-order valence-corrected chi connectivity index (χ4v) is 3.96. The molecule has 27 heavy (non-hydrogen) atoms. The molecule has 0 spiro atoms. The number of nitrogens with one attached hydrogen (secondary N) is 2. The zero-order chi connectivity index (χ0) is 19.9. The molecule has 0 unspecified atom stereocenters. The monoisotopic (exact) mass is 452 g/mol. The Labute approximate surface area is 169 Å². The molecule has 2 rings (SSSR count). The van der Waals surface area contributed by atoms with Gasteiger partial charge in [-0.2, -0.15) is 0 Å². The Hall–Kier alpha value is -1.70. The Morgan fingerprint density at radius 1 is 1.07 bits per heavy atom. The molecule has 2 N–H and O–H groups in total. The molecule has 146 valence electrons. The van der Waals surface area contributed by atoms with E-state index in [2.05, 4.69) is 26.0 Å². The van der Waals surface area contributed by atoms with Crippen molar-refractivity contribution in [2.75, 3.05) is 6.54 Å². The number of hydrogen-bond donors (Lipinski definition) is 2. The molecule has 0 fully saturated rings. The molecule has 0 bridgehead atoms. The van der Waals surface area contributed by atoms with Gasteiger partial charge in [-0.1, -0.05) is 47.1 Å². The second-order valence-electron chi connectivity index (χ2n) is 6.38. The maximum atomic E-state index is 12.2. The lowest BCUT2D eigenvalue weighted by atomic mass is 10.1. The Bertz CT molecular complexity index is 850. The number of benzene rings is 2. The van der Waals surface area contributed by atoms with Crippen molar-refractivity contribution >= 4 is 31.9 Å². The van der Waals surface area contributed by atoms with Gasteiger partial charge in [-0.05, 0) is 55.2 Å². The quantitative estimate of drug-likeness (QED) is 0.604. The van der Waals surface area contributed by atoms with E-state index < -0.39 is 10.0 Å². The van der Waals surface area contributed by atoms with Crippen LogP contribution in [-0.4, -0.2) is 20.9 Å². The van der Waals surface area contributed by atoms with Gasteiger partial charge in [0.1, 0.15) is 0 Å². The van der Waals surface area contributed by atoms with E-state index >= 15 is 0 Å². The lowest BCUT2D eigenvalue weighted by Gasteiger charge is -2.14. The van der Waals surface area contributed by atoms with Crippen LogP contribution in [0.1, 0.15) is 43.9 Å². The molecule has 0 saturated carbocycles. The maximum Gasteiger partial charge on any atom is 0.240 e. The van der Waals surface area contributed by atoms with Crippen LogP contribution in [0.3, 0.4) is 0 Å². The Morgan fingerprint density at radius 3 is 2.30 bits per heavy atom. The van der Waals surface area contributed by atoms with E-state index in [-0.39, 0.29) is 16.8 Å². The Balaban J connectivity index is 1.87. The molecule has 0 aromatic heterocycles. The fraction of sp³-hybridized carbons (Fsp3) is 0.350. The molecule has 2 aromatic rings. The van der Waals surface area contributed by atoms with Gasteiger partial charge < -0.3 is 5.32 Å². The van der Waals surface area contributed by atoms with Crippen LogP contribution in [0.5, 0.6) is 0 Å². The highest BCUT2D eigenvalue weighted by Crippen LogP contribution is 2.17. The molecule has 0 aliphatic rings. The zero-order valence-corrected chi connectivity index (χ0v) is 17.9. The van der Waals surface area contributed by atoms with Gasteiger partial charge in [-0.3, -0.25) is 4.79 Å². The number of aryl methyl sites for hydroxylation is 1. The smallest absolute Gasteiger partial charge is 0.240 e. The van der Waals surface area contributed by atoms with E-state index in [1.807, 2.05) is 38.1 Å². The maximum absolute atomic E-state index is 12.2. The standard InChI is InChI=1S/C20H25BrN2O3S/c1-3-14-22-27(25,26)19-11-4-16(5-12-19)6-13-20(24)23-15(2)17-7-9-18(21)10-8-17/h4-5,7-12,15,22H,3,6,13-14H2,1-2H3,(H,23,24)/t15-/m0/s1. The third-order valence-electron chi connectivity index (χ3n) is 4.16. The van der Waals surface area contributed by atoms with Crippen LogP contribution >= 0.6 is 15.9 Å². The zero-order valence-electron chi connectivity index (χ0n) is 15.5. The van der Waals surface area contributed by atoms with Crippen molar-refractivity contribution in [1.29, 1.82) is 0 Å². The normalized spacial score (nSPS) is 12.6. The van der Waals surface area contributed by atoms with Gasteiger partial charge in [0, 0.05) is 17.4 Å². The summed E-state index contributed by atoms with van der Waals surface area (Å²) in [5.41, 5.74) is 1.97. The largest absolute Gasteiger partial charge is 0.350 e. The van der Waals surface area contributed by atoms with Crippen LogP contribution in [-0.2, 0) is 21.2 Å². The van der Waals surface area contributed by atoms with Crippen molar-refractivity contribution in [1.82, 2.24) is 10.0 Å². The van der Waals surface area contributed by atoms with Crippen LogP contribution < -0.4 is 10.0 Å². The summed E-state index contributed by atoms with van der Waals surface area (Å²) >= 11 is 3.40. The van der Waals surface area contributed by atoms with E-state index in [0.717, 1.165) is 22.0 Å². The number of carbonyl (C=O) groups is 1. The number of carbonyl (C=O) groups excluding carboxylic acids is 1. The van der Waals surface area contributed by atoms with Gasteiger partial charge in [0.25, 0.3) is 0 Å². The minimum Gasteiger partial charge on any atom is -0.350 e. The average Bonchev–Trinajstić information content (AvgIpc) is 2.65. The molecule has 0 radical (unpaired) electrons. The van der Waals surface area contributed by atoms with E-state index in [4.69, 9.17) is 0 Å². The van der Waals surface area contributed by atoms with Gasteiger partial charge in [-0.15, -0.1) is 0 Å². The van der Waals surface area contributed by atoms with Gasteiger partial charge in [-0.25, -0.2) is 13.1 Å². The van der Waals surface area contributed by atoms with Crippen molar-refractivity contribution < 1.29 is 13.2 Å². The van der Waals surface area contributed by atoms with Crippen LogP contribution in [0.4, 0.5) is 0 Å². The highest BCUT2D eigenvalue weighted by Gasteiger charge is 2.13. The first-order valence-corrected chi connectivity index (χ1v) is 11.2. The van der Waals surface area contributed by atoms with Crippen molar-refractivity contribution in [3.63, 3.8) is 0 Å². The molecule has 1 amide bonds. The molecule has 7 heteroatoms. The number of rotatable bonds is 9. The topological polar surface area (TPSA) is 75.3 Å². The third kappa shape index (κ3) is 6.75. The molecule has 0 heterocycles. The van der Waals surface area contributed by atoms with E-state index in [1.165, 1.54) is 0 Å². The molecular weight excluding hydrogens is 428 g/mol. The first-order valence-electron chi connectivity index (χ1n) is 8.95. The summed E-state index contributed by atoms with van der Waals surface area (Å²) < 4.78 is 27.7. The first-order chi connectivity index (χ1) is 12.8. The fourth-order valence-electron chi connectivity index (χ4n) is 2.56. The number of hydrogen-bond acceptors (Lipinski definition) is 3. The van der Waals surface area contributed by atoms with E-state index in [0.29, 0.717) is 19.4 Å². The summed E-state index contributed by atoms with van der Waals surface area (Å²) in [5, 5.41) is 2.98. The lowest BCUT2D eigenvalue weighted by molar-refractivity contribution is -0.121. The summed E-state index contributed by atoms with van der Waals surface area (Å²) in [5.74, 6) is -0.0354. The second kappa shape index (κ2) is 10.0. The molecule has 0 aliphatic heterocycles. The molecule has 1 atom stereocenters. The first kappa shape index (κ1) is 21.6. The summed E-state index contributed by atoms with van der Waals surface area (Å²) in [7, 11) is -3.45. The molecule has 2 aromatic carbocycles. The molecule has 0 aliphatic carbocycles. The predicted molar refractivity (Wildman–Crippen MR) is 111 cm³/mol. The highest BCUT2D eigenvalue weighted by molar-refractivity contribution is 9.10. The number of amides is 1. The van der Waals surface area contributed by atoms with Gasteiger partial charge in [0.15, 0.2) is 0 Å². The van der Waals surface area contributed by atoms with E-state index in [1.54, 1.807) is 24.3 Å². The SMILES string of the molecule is CCCNS(=O)(=O)c1ccc(CCC(=O)N[C@@H](C)c2ccc(Br)cc2)cc1. The van der Waals surface area contributed by atoms with Crippen LogP contribution in [0.2, 0.25) is 0 Å². The second-order valence-corrected chi connectivity index (χ2v) is 9.07. The van der Waals surface area contributed by atoms with Crippen LogP contribution in [0.25, 0.3) is 0 Å². The molecular formula is C20H25BrN2O3S. The highest BCUT2D eigenvalue weighted by atomic mass is 79.9. The summed E-state index contributed by atoms with van der Waals surface area (Å²) in [6, 6.07) is 14.4. The number of sulfonamides is 1. The number of halogens is 1. The van der Waals surface area contributed by atoms with Crippen molar-refractivity contribution in [3.8, 4) is 0 Å². The van der Waals surface area contributed by atoms with Gasteiger partial charge >= 0.3 is 0 Å². The van der Waals surface area contributed by atoms with Gasteiger partial charge in [0.05, 0.1) is 10.9 Å². The molecule has 5 nitrogen and oxygen atoms in total. The van der Waals surface area contributed by atoms with Crippen LogP contribution in [0, 0.1) is 0 Å². The summed E-state index contributed by atoms with van der Waals surface area (Å²) in [6.45, 7) is 4.28. The molecule has 0 saturated heterocycles. The summed E-state index contributed by atoms with van der Waals surface area (Å²) in [4.78, 5) is 12.4. The minimum absolute atomic E-state index is 0.0354. The Kier molecular flexibility index (Phi) is 8.01. The Morgan fingerprint density at radius 2 is 1.70 bits per heavy atom. The van der Waals surface area contributed by atoms with Gasteiger partial charge in [0.2, 0.25) is 15.9 Å². The predicted octanol–water partition coefficient (Wildman–Crippen LogP) is 3.95. The lowest BCUT2D eigenvalue weighted by Crippen LogP contribution is -2.26. The minimum atomic E-state index is -3.45. The summed E-state index contributed by atoms with van der Waals surface area (Å²) in [6.07, 6.45) is 1.65. The van der Waals surface area contributed by atoms with E-state index in [9.17, 15) is 13.2 Å². The van der Waals surface area contributed by atoms with Crippen molar-refractivity contribution in [2.45, 2.75) is 44.0 Å². The average molecular weight is 453 g/mol. The third-order valence-corrected chi connectivity index (χ3v) is 6.17.